The molecule has 2 aromatic carbocycles. The van der Waals surface area contributed by atoms with Crippen LogP contribution in [0.1, 0.15) is 24.2 Å². The summed E-state index contributed by atoms with van der Waals surface area (Å²) in [5.74, 6) is -4.15. The van der Waals surface area contributed by atoms with Gasteiger partial charge in [0.15, 0.2) is 5.57 Å². The molecule has 0 aliphatic carbocycles. The number of aromatic carboxylic acids is 1. The molecule has 128 valence electrons. The van der Waals surface area contributed by atoms with Crippen molar-refractivity contribution < 1.29 is 29.0 Å². The second kappa shape index (κ2) is 5.94. The van der Waals surface area contributed by atoms with Gasteiger partial charge >= 0.3 is 17.9 Å². The Balaban J connectivity index is 1.99. The molecule has 7 heteroatoms. The highest BCUT2D eigenvalue weighted by molar-refractivity contribution is 6.16. The van der Waals surface area contributed by atoms with Crippen molar-refractivity contribution in [1.82, 2.24) is 0 Å². The number of carbonyl (C=O) groups excluding carboxylic acids is 2. The van der Waals surface area contributed by atoms with Crippen molar-refractivity contribution in [2.45, 2.75) is 19.6 Å². The van der Waals surface area contributed by atoms with Crippen molar-refractivity contribution in [3.63, 3.8) is 0 Å². The lowest BCUT2D eigenvalue weighted by molar-refractivity contribution is -0.222. The van der Waals surface area contributed by atoms with Gasteiger partial charge in [0.05, 0.1) is 11.3 Å². The molecule has 3 rings (SSSR count). The average molecular weight is 341 g/mol. The second-order valence-corrected chi connectivity index (χ2v) is 5.90. The van der Waals surface area contributed by atoms with Gasteiger partial charge in [-0.2, -0.15) is 0 Å². The molecule has 2 aromatic rings. The van der Waals surface area contributed by atoms with Crippen molar-refractivity contribution in [2.24, 2.45) is 0 Å². The van der Waals surface area contributed by atoms with Crippen LogP contribution in [0.15, 0.2) is 48.2 Å². The molecule has 1 heterocycles. The minimum absolute atomic E-state index is 0.0350. The van der Waals surface area contributed by atoms with E-state index in [1.165, 1.54) is 13.8 Å². The maximum absolute atomic E-state index is 11.9. The first-order valence-corrected chi connectivity index (χ1v) is 7.47. The zero-order valence-electron chi connectivity index (χ0n) is 13.5. The van der Waals surface area contributed by atoms with E-state index in [9.17, 15) is 19.5 Å². The highest BCUT2D eigenvalue weighted by Gasteiger charge is 2.39. The third kappa shape index (κ3) is 3.16. The number of carboxylic acids is 1. The van der Waals surface area contributed by atoms with E-state index in [1.54, 1.807) is 36.4 Å². The van der Waals surface area contributed by atoms with Gasteiger partial charge in [-0.3, -0.25) is 0 Å². The van der Waals surface area contributed by atoms with Crippen LogP contribution in [0, 0.1) is 0 Å². The first-order chi connectivity index (χ1) is 11.8. The summed E-state index contributed by atoms with van der Waals surface area (Å²) in [5, 5.41) is 13.5. The lowest BCUT2D eigenvalue weighted by atomic mass is 10.0. The van der Waals surface area contributed by atoms with Gasteiger partial charge in [0.1, 0.15) is 0 Å². The van der Waals surface area contributed by atoms with Crippen LogP contribution >= 0.6 is 0 Å². The Hall–Kier alpha value is -3.35. The predicted octanol–water partition coefficient (Wildman–Crippen LogP) is 2.67. The lowest BCUT2D eigenvalue weighted by Crippen LogP contribution is -2.42. The molecule has 1 aliphatic heterocycles. The van der Waals surface area contributed by atoms with Crippen LogP contribution in [0.25, 0.3) is 10.8 Å². The molecule has 7 nitrogen and oxygen atoms in total. The van der Waals surface area contributed by atoms with E-state index in [0.717, 1.165) is 11.6 Å². The van der Waals surface area contributed by atoms with Gasteiger partial charge in [-0.05, 0) is 16.8 Å². The van der Waals surface area contributed by atoms with Crippen LogP contribution in [0.3, 0.4) is 0 Å². The van der Waals surface area contributed by atoms with E-state index >= 15 is 0 Å². The third-order valence-corrected chi connectivity index (χ3v) is 3.63. The van der Waals surface area contributed by atoms with E-state index in [-0.39, 0.29) is 16.8 Å². The van der Waals surface area contributed by atoms with E-state index in [4.69, 9.17) is 9.47 Å². The van der Waals surface area contributed by atoms with Crippen molar-refractivity contribution in [2.75, 3.05) is 5.32 Å². The Labute approximate surface area is 142 Å². The van der Waals surface area contributed by atoms with Gasteiger partial charge < -0.3 is 19.9 Å². The van der Waals surface area contributed by atoms with E-state index < -0.39 is 23.7 Å². The lowest BCUT2D eigenvalue weighted by Gasteiger charge is -2.29. The summed E-state index contributed by atoms with van der Waals surface area (Å²) >= 11 is 0. The molecular formula is C18H15NO6. The topological polar surface area (TPSA) is 102 Å². The Morgan fingerprint density at radius 2 is 1.72 bits per heavy atom. The summed E-state index contributed by atoms with van der Waals surface area (Å²) in [4.78, 5) is 35.5. The number of cyclic esters (lactones) is 2. The second-order valence-electron chi connectivity index (χ2n) is 5.90. The monoisotopic (exact) mass is 341 g/mol. The summed E-state index contributed by atoms with van der Waals surface area (Å²) in [5.41, 5.74) is -0.0687. The quantitative estimate of drug-likeness (QED) is 0.503. The number of hydrogen-bond acceptors (Lipinski definition) is 6. The average Bonchev–Trinajstić information content (AvgIpc) is 2.52. The Bertz CT molecular complexity index is 906. The van der Waals surface area contributed by atoms with Crippen LogP contribution in [0.5, 0.6) is 0 Å². The maximum Gasteiger partial charge on any atom is 0.350 e. The number of nitrogens with one attached hydrogen (secondary N) is 1. The molecule has 0 radical (unpaired) electrons. The number of anilines is 1. The number of fused-ring (bicyclic) bond motifs is 1. The minimum atomic E-state index is -1.33. The molecule has 1 fully saturated rings. The van der Waals surface area contributed by atoms with Gasteiger partial charge in [0.2, 0.25) is 0 Å². The fourth-order valence-corrected chi connectivity index (χ4v) is 2.55. The number of ether oxygens (including phenoxy) is 2. The number of hydrogen-bond donors (Lipinski definition) is 2. The molecule has 0 unspecified atom stereocenters. The maximum atomic E-state index is 11.9. The highest BCUT2D eigenvalue weighted by atomic mass is 16.7. The van der Waals surface area contributed by atoms with Crippen LogP contribution in [0.4, 0.5) is 5.69 Å². The Kier molecular flexibility index (Phi) is 3.92. The minimum Gasteiger partial charge on any atom is -0.478 e. The van der Waals surface area contributed by atoms with Crippen molar-refractivity contribution >= 4 is 34.4 Å². The Morgan fingerprint density at radius 1 is 1.08 bits per heavy atom. The molecule has 0 aromatic heterocycles. The summed E-state index contributed by atoms with van der Waals surface area (Å²) in [7, 11) is 0. The molecule has 25 heavy (non-hydrogen) atoms. The molecule has 0 spiro atoms. The highest BCUT2D eigenvalue weighted by Crippen LogP contribution is 2.27. The van der Waals surface area contributed by atoms with Crippen molar-refractivity contribution in [3.05, 3.63) is 53.7 Å². The van der Waals surface area contributed by atoms with E-state index in [1.807, 2.05) is 0 Å². The standard InChI is InChI=1S/C18H15NO6/c1-18(2)24-16(22)12(17(23)25-18)9-19-13-8-7-10-5-3-4-6-11(10)14(13)15(20)21/h3-9,19H,1-2H3,(H,20,21). The van der Waals surface area contributed by atoms with Gasteiger partial charge in [-0.1, -0.05) is 30.3 Å². The smallest absolute Gasteiger partial charge is 0.350 e. The van der Waals surface area contributed by atoms with E-state index in [2.05, 4.69) is 5.32 Å². The zero-order chi connectivity index (χ0) is 18.2. The van der Waals surface area contributed by atoms with Crippen LogP contribution in [-0.4, -0.2) is 28.8 Å². The molecule has 0 bridgehead atoms. The molecule has 1 aliphatic rings. The zero-order valence-corrected chi connectivity index (χ0v) is 13.5. The van der Waals surface area contributed by atoms with Crippen molar-refractivity contribution in [3.8, 4) is 0 Å². The van der Waals surface area contributed by atoms with Gasteiger partial charge in [-0.25, -0.2) is 14.4 Å². The molecular weight excluding hydrogens is 326 g/mol. The third-order valence-electron chi connectivity index (χ3n) is 3.63. The van der Waals surface area contributed by atoms with Gasteiger partial charge in [-0.15, -0.1) is 0 Å². The number of benzene rings is 2. The number of rotatable bonds is 3. The summed E-state index contributed by atoms with van der Waals surface area (Å²) in [6, 6.07) is 10.3. The van der Waals surface area contributed by atoms with Gasteiger partial charge in [0.25, 0.3) is 5.79 Å². The number of esters is 2. The fraction of sp³-hybridized carbons (Fsp3) is 0.167. The normalized spacial score (nSPS) is 16.2. The van der Waals surface area contributed by atoms with Crippen LogP contribution in [0.2, 0.25) is 0 Å². The van der Waals surface area contributed by atoms with Crippen molar-refractivity contribution in [1.29, 1.82) is 0 Å². The van der Waals surface area contributed by atoms with Crippen LogP contribution in [-0.2, 0) is 19.1 Å². The predicted molar refractivity (Wildman–Crippen MR) is 88.9 cm³/mol. The molecule has 0 saturated carbocycles. The van der Waals surface area contributed by atoms with Gasteiger partial charge in [0, 0.05) is 20.0 Å². The SMILES string of the molecule is CC1(C)OC(=O)C(=CNc2ccc3ccccc3c2C(=O)O)C(=O)O1. The Morgan fingerprint density at radius 3 is 2.36 bits per heavy atom. The molecule has 0 amide bonds. The molecule has 0 atom stereocenters. The number of carboxylic acid groups (broad SMARTS) is 1. The largest absolute Gasteiger partial charge is 0.478 e. The van der Waals surface area contributed by atoms with Crippen LogP contribution < -0.4 is 5.32 Å². The summed E-state index contributed by atoms with van der Waals surface area (Å²) in [6.45, 7) is 2.89. The first kappa shape index (κ1) is 16.5. The molecule has 2 N–H and O–H groups in total. The molecule has 1 saturated heterocycles. The van der Waals surface area contributed by atoms with E-state index in [0.29, 0.717) is 5.39 Å². The first-order valence-electron chi connectivity index (χ1n) is 7.47. The number of carbonyl (C=O) groups is 3. The summed E-state index contributed by atoms with van der Waals surface area (Å²) in [6.07, 6.45) is 1.09. The fourth-order valence-electron chi connectivity index (χ4n) is 2.55. The summed E-state index contributed by atoms with van der Waals surface area (Å²) < 4.78 is 9.97.